The number of amides is 1. The van der Waals surface area contributed by atoms with Gasteiger partial charge in [-0.25, -0.2) is 0 Å². The van der Waals surface area contributed by atoms with Gasteiger partial charge >= 0.3 is 0 Å². The van der Waals surface area contributed by atoms with E-state index in [4.69, 9.17) is 4.74 Å². The Kier molecular flexibility index (Phi) is 5.63. The lowest BCUT2D eigenvalue weighted by Crippen LogP contribution is -2.45. The van der Waals surface area contributed by atoms with Crippen LogP contribution in [0.15, 0.2) is 0 Å². The van der Waals surface area contributed by atoms with E-state index in [9.17, 15) is 4.79 Å². The second-order valence-corrected chi connectivity index (χ2v) is 8.80. The SMILES string of the molecule is CC1CCN(C(=O)[C@@H]2C[C@H]3CCN(CCN4CCCC4)C[C@@H]3O2)CC1. The van der Waals surface area contributed by atoms with Crippen LogP contribution in [0.3, 0.4) is 0 Å². The Bertz CT molecular complexity index is 458. The Morgan fingerprint density at radius 3 is 2.44 bits per heavy atom. The molecule has 25 heavy (non-hydrogen) atoms. The molecule has 4 fully saturated rings. The second kappa shape index (κ2) is 7.93. The zero-order valence-electron chi connectivity index (χ0n) is 15.9. The third-order valence-electron chi connectivity index (χ3n) is 6.94. The van der Waals surface area contributed by atoms with Crippen molar-refractivity contribution < 1.29 is 9.53 Å². The summed E-state index contributed by atoms with van der Waals surface area (Å²) in [6.45, 7) is 11.3. The molecule has 1 amide bonds. The number of nitrogens with zero attached hydrogens (tertiary/aromatic N) is 3. The topological polar surface area (TPSA) is 36.0 Å². The van der Waals surface area contributed by atoms with Crippen LogP contribution >= 0.6 is 0 Å². The number of piperidine rings is 2. The first-order valence-corrected chi connectivity index (χ1v) is 10.6. The molecule has 5 heteroatoms. The molecule has 0 aromatic rings. The Morgan fingerprint density at radius 2 is 1.68 bits per heavy atom. The van der Waals surface area contributed by atoms with Crippen LogP contribution in [0.1, 0.15) is 45.4 Å². The molecule has 4 aliphatic rings. The van der Waals surface area contributed by atoms with E-state index in [1.165, 1.54) is 45.4 Å². The third-order valence-corrected chi connectivity index (χ3v) is 6.94. The number of hydrogen-bond donors (Lipinski definition) is 0. The predicted octanol–water partition coefficient (Wildman–Crippen LogP) is 1.82. The van der Waals surface area contributed by atoms with E-state index in [0.717, 1.165) is 51.4 Å². The van der Waals surface area contributed by atoms with Gasteiger partial charge in [0.2, 0.25) is 0 Å². The van der Waals surface area contributed by atoms with Crippen molar-refractivity contribution in [3.05, 3.63) is 0 Å². The second-order valence-electron chi connectivity index (χ2n) is 8.80. The van der Waals surface area contributed by atoms with Gasteiger partial charge in [-0.2, -0.15) is 0 Å². The van der Waals surface area contributed by atoms with Gasteiger partial charge in [-0.1, -0.05) is 6.92 Å². The summed E-state index contributed by atoms with van der Waals surface area (Å²) in [5.74, 6) is 1.63. The largest absolute Gasteiger partial charge is 0.364 e. The molecular weight excluding hydrogens is 314 g/mol. The fraction of sp³-hybridized carbons (Fsp3) is 0.950. The third kappa shape index (κ3) is 4.20. The maximum Gasteiger partial charge on any atom is 0.251 e. The van der Waals surface area contributed by atoms with Crippen LogP contribution in [0.25, 0.3) is 0 Å². The number of likely N-dealkylation sites (tertiary alicyclic amines) is 3. The average Bonchev–Trinajstić information content (AvgIpc) is 3.29. The molecule has 0 N–H and O–H groups in total. The molecule has 0 saturated carbocycles. The molecule has 4 heterocycles. The predicted molar refractivity (Wildman–Crippen MR) is 98.5 cm³/mol. The van der Waals surface area contributed by atoms with E-state index in [1.807, 2.05) is 0 Å². The minimum Gasteiger partial charge on any atom is -0.364 e. The molecule has 4 aliphatic heterocycles. The van der Waals surface area contributed by atoms with Crippen molar-refractivity contribution in [2.24, 2.45) is 11.8 Å². The van der Waals surface area contributed by atoms with Gasteiger partial charge in [0, 0.05) is 32.7 Å². The molecular formula is C20H35N3O2. The van der Waals surface area contributed by atoms with Gasteiger partial charge < -0.3 is 14.5 Å². The molecule has 142 valence electrons. The van der Waals surface area contributed by atoms with Crippen molar-refractivity contribution in [3.63, 3.8) is 0 Å². The molecule has 0 aromatic carbocycles. The summed E-state index contributed by atoms with van der Waals surface area (Å²) >= 11 is 0. The number of fused-ring (bicyclic) bond motifs is 1. The molecule has 4 saturated heterocycles. The van der Waals surface area contributed by atoms with Crippen molar-refractivity contribution in [1.82, 2.24) is 14.7 Å². The number of carbonyl (C=O) groups excluding carboxylic acids is 1. The Labute approximate surface area is 152 Å². The van der Waals surface area contributed by atoms with Crippen LogP contribution in [0.5, 0.6) is 0 Å². The van der Waals surface area contributed by atoms with Crippen LogP contribution in [0.2, 0.25) is 0 Å². The van der Waals surface area contributed by atoms with Crippen LogP contribution in [0, 0.1) is 11.8 Å². The highest BCUT2D eigenvalue weighted by Gasteiger charge is 2.43. The molecule has 4 rings (SSSR count). The minimum atomic E-state index is -0.165. The van der Waals surface area contributed by atoms with Crippen molar-refractivity contribution >= 4 is 5.91 Å². The lowest BCUT2D eigenvalue weighted by atomic mass is 9.91. The van der Waals surface area contributed by atoms with Crippen molar-refractivity contribution in [2.75, 3.05) is 52.4 Å². The van der Waals surface area contributed by atoms with Gasteiger partial charge in [0.05, 0.1) is 6.10 Å². The van der Waals surface area contributed by atoms with Gasteiger partial charge in [-0.05, 0) is 70.0 Å². The standard InChI is InChI=1S/C20H35N3O2/c1-16-4-10-23(11-5-16)20(24)18-14-17-6-9-22(15-19(17)25-18)13-12-21-7-2-3-8-21/h16-19H,2-15H2,1H3/t17-,18+,19+/m1/s1. The zero-order chi connectivity index (χ0) is 17.2. The molecule has 0 aliphatic carbocycles. The monoisotopic (exact) mass is 349 g/mol. The molecule has 0 spiro atoms. The van der Waals surface area contributed by atoms with E-state index < -0.39 is 0 Å². The first-order chi connectivity index (χ1) is 12.2. The maximum absolute atomic E-state index is 12.8. The fourth-order valence-electron chi connectivity index (χ4n) is 5.08. The summed E-state index contributed by atoms with van der Waals surface area (Å²) in [5, 5.41) is 0. The van der Waals surface area contributed by atoms with Crippen molar-refractivity contribution in [3.8, 4) is 0 Å². The average molecular weight is 350 g/mol. The summed E-state index contributed by atoms with van der Waals surface area (Å²) in [4.78, 5) is 20.0. The maximum atomic E-state index is 12.8. The summed E-state index contributed by atoms with van der Waals surface area (Å²) in [6, 6.07) is 0. The highest BCUT2D eigenvalue weighted by Crippen LogP contribution is 2.34. The first kappa shape index (κ1) is 17.7. The van der Waals surface area contributed by atoms with E-state index in [1.54, 1.807) is 0 Å². The van der Waals surface area contributed by atoms with Gasteiger partial charge in [-0.3, -0.25) is 9.69 Å². The van der Waals surface area contributed by atoms with Gasteiger partial charge in [-0.15, -0.1) is 0 Å². The minimum absolute atomic E-state index is 0.165. The van der Waals surface area contributed by atoms with Crippen LogP contribution < -0.4 is 0 Å². The fourth-order valence-corrected chi connectivity index (χ4v) is 5.08. The van der Waals surface area contributed by atoms with Gasteiger partial charge in [0.15, 0.2) is 0 Å². The Balaban J connectivity index is 1.24. The summed E-state index contributed by atoms with van der Waals surface area (Å²) < 4.78 is 6.26. The van der Waals surface area contributed by atoms with Crippen LogP contribution in [-0.2, 0) is 9.53 Å². The lowest BCUT2D eigenvalue weighted by molar-refractivity contribution is -0.145. The first-order valence-electron chi connectivity index (χ1n) is 10.6. The number of ether oxygens (including phenoxy) is 1. The lowest BCUT2D eigenvalue weighted by Gasteiger charge is -2.35. The number of carbonyl (C=O) groups is 1. The van der Waals surface area contributed by atoms with Crippen LogP contribution in [0.4, 0.5) is 0 Å². The summed E-state index contributed by atoms with van der Waals surface area (Å²) in [6.07, 6.45) is 7.30. The quantitative estimate of drug-likeness (QED) is 0.776. The molecule has 0 unspecified atom stereocenters. The molecule has 0 radical (unpaired) electrons. The van der Waals surface area contributed by atoms with E-state index in [2.05, 4.69) is 21.6 Å². The van der Waals surface area contributed by atoms with Crippen molar-refractivity contribution in [1.29, 1.82) is 0 Å². The van der Waals surface area contributed by atoms with E-state index in [0.29, 0.717) is 5.92 Å². The highest BCUT2D eigenvalue weighted by molar-refractivity contribution is 5.81. The molecule has 5 nitrogen and oxygen atoms in total. The summed E-state index contributed by atoms with van der Waals surface area (Å²) in [7, 11) is 0. The van der Waals surface area contributed by atoms with Gasteiger partial charge in [0.1, 0.15) is 6.10 Å². The Hall–Kier alpha value is -0.650. The normalized spacial score (nSPS) is 35.2. The summed E-state index contributed by atoms with van der Waals surface area (Å²) in [5.41, 5.74) is 0. The highest BCUT2D eigenvalue weighted by atomic mass is 16.5. The smallest absolute Gasteiger partial charge is 0.251 e. The zero-order valence-corrected chi connectivity index (χ0v) is 15.9. The van der Waals surface area contributed by atoms with E-state index >= 15 is 0 Å². The van der Waals surface area contributed by atoms with Gasteiger partial charge in [0.25, 0.3) is 5.91 Å². The van der Waals surface area contributed by atoms with Crippen LogP contribution in [-0.4, -0.2) is 85.2 Å². The number of rotatable bonds is 4. The van der Waals surface area contributed by atoms with Crippen molar-refractivity contribution in [2.45, 2.75) is 57.7 Å². The molecule has 3 atom stereocenters. The number of hydrogen-bond acceptors (Lipinski definition) is 4. The Morgan fingerprint density at radius 1 is 0.960 bits per heavy atom. The van der Waals surface area contributed by atoms with E-state index in [-0.39, 0.29) is 18.1 Å². The molecule has 0 aromatic heterocycles. The molecule has 0 bridgehead atoms.